The number of carboxylic acids is 1. The van der Waals surface area contributed by atoms with Crippen LogP contribution in [-0.4, -0.2) is 49.2 Å². The zero-order valence-corrected chi connectivity index (χ0v) is 12.3. The van der Waals surface area contributed by atoms with Gasteiger partial charge in [0.2, 0.25) is 0 Å². The van der Waals surface area contributed by atoms with E-state index in [4.69, 9.17) is 0 Å². The molecule has 0 atom stereocenters. The van der Waals surface area contributed by atoms with Gasteiger partial charge in [-0.15, -0.1) is 0 Å². The first-order chi connectivity index (χ1) is 9.99. The van der Waals surface area contributed by atoms with Gasteiger partial charge >= 0.3 is 12.0 Å². The summed E-state index contributed by atoms with van der Waals surface area (Å²) in [5.41, 5.74) is 0.768. The van der Waals surface area contributed by atoms with Crippen molar-refractivity contribution < 1.29 is 14.7 Å². The van der Waals surface area contributed by atoms with E-state index in [1.807, 2.05) is 7.05 Å². The summed E-state index contributed by atoms with van der Waals surface area (Å²) in [4.78, 5) is 24.8. The Bertz CT molecular complexity index is 523. The number of anilines is 1. The van der Waals surface area contributed by atoms with Crippen LogP contribution in [0.4, 0.5) is 10.5 Å². The number of carbonyl (C=O) groups is 2. The molecule has 6 nitrogen and oxygen atoms in total. The molecule has 2 amide bonds. The number of carbonyl (C=O) groups excluding carboxylic acids is 1. The van der Waals surface area contributed by atoms with Gasteiger partial charge in [-0.3, -0.25) is 4.79 Å². The number of benzene rings is 1. The van der Waals surface area contributed by atoms with Gasteiger partial charge in [-0.2, -0.15) is 0 Å². The van der Waals surface area contributed by atoms with Crippen LogP contribution in [0, 0.1) is 0 Å². The summed E-state index contributed by atoms with van der Waals surface area (Å²) in [6.07, 6.45) is 1.36. The van der Waals surface area contributed by atoms with Gasteiger partial charge < -0.3 is 20.6 Å². The normalized spacial score (nSPS) is 15.3. The summed E-state index contributed by atoms with van der Waals surface area (Å²) in [5.74, 6) is -0.772. The molecule has 1 saturated carbocycles. The molecule has 1 aliphatic carbocycles. The standard InChI is InChI=1S/C15H21N3O3/c1-16-9-10-18(2)14(21)17-12-5-3-11(4-6-12)15(7-8-15)13(19)20/h3-6,16H,7-10H2,1-2H3,(H,17,21)(H,19,20). The number of urea groups is 1. The van der Waals surface area contributed by atoms with Crippen molar-refractivity contribution in [3.63, 3.8) is 0 Å². The predicted molar refractivity (Wildman–Crippen MR) is 80.6 cm³/mol. The van der Waals surface area contributed by atoms with Gasteiger partial charge in [0.1, 0.15) is 0 Å². The highest BCUT2D eigenvalue weighted by atomic mass is 16.4. The van der Waals surface area contributed by atoms with Crippen LogP contribution in [0.3, 0.4) is 0 Å². The summed E-state index contributed by atoms with van der Waals surface area (Å²) >= 11 is 0. The summed E-state index contributed by atoms with van der Waals surface area (Å²) in [6.45, 7) is 1.34. The maximum Gasteiger partial charge on any atom is 0.321 e. The molecule has 1 aliphatic rings. The molecule has 21 heavy (non-hydrogen) atoms. The number of carboxylic acid groups (broad SMARTS) is 1. The molecule has 0 aliphatic heterocycles. The van der Waals surface area contributed by atoms with Gasteiger partial charge in [0.05, 0.1) is 5.41 Å². The first kappa shape index (κ1) is 15.3. The minimum Gasteiger partial charge on any atom is -0.481 e. The van der Waals surface area contributed by atoms with E-state index in [2.05, 4.69) is 10.6 Å². The topological polar surface area (TPSA) is 81.7 Å². The van der Waals surface area contributed by atoms with Crippen molar-refractivity contribution in [3.05, 3.63) is 29.8 Å². The van der Waals surface area contributed by atoms with E-state index in [1.165, 1.54) is 0 Å². The molecule has 2 rings (SSSR count). The predicted octanol–water partition coefficient (Wildman–Crippen LogP) is 1.49. The molecule has 0 aromatic heterocycles. The summed E-state index contributed by atoms with van der Waals surface area (Å²) in [7, 11) is 3.56. The van der Waals surface area contributed by atoms with Crippen molar-refractivity contribution in [1.29, 1.82) is 0 Å². The molecule has 0 heterocycles. The maximum atomic E-state index is 11.9. The van der Waals surface area contributed by atoms with Crippen molar-refractivity contribution >= 4 is 17.7 Å². The third kappa shape index (κ3) is 3.33. The zero-order chi connectivity index (χ0) is 15.5. The number of amides is 2. The lowest BCUT2D eigenvalue weighted by molar-refractivity contribution is -0.140. The first-order valence-corrected chi connectivity index (χ1v) is 7.00. The zero-order valence-electron chi connectivity index (χ0n) is 12.3. The van der Waals surface area contributed by atoms with Crippen molar-refractivity contribution in [2.24, 2.45) is 0 Å². The van der Waals surface area contributed by atoms with Crippen LogP contribution < -0.4 is 10.6 Å². The minimum atomic E-state index is -0.772. The Labute approximate surface area is 124 Å². The first-order valence-electron chi connectivity index (χ1n) is 7.00. The van der Waals surface area contributed by atoms with Crippen LogP contribution in [0.15, 0.2) is 24.3 Å². The number of likely N-dealkylation sites (N-methyl/N-ethyl adjacent to an activating group) is 2. The highest BCUT2D eigenvalue weighted by Gasteiger charge is 2.51. The Hall–Kier alpha value is -2.08. The molecular weight excluding hydrogens is 270 g/mol. The third-order valence-electron chi connectivity index (χ3n) is 3.89. The van der Waals surface area contributed by atoms with Crippen LogP contribution in [0.25, 0.3) is 0 Å². The Morgan fingerprint density at radius 2 is 1.90 bits per heavy atom. The van der Waals surface area contributed by atoms with Crippen LogP contribution in [-0.2, 0) is 10.2 Å². The smallest absolute Gasteiger partial charge is 0.321 e. The van der Waals surface area contributed by atoms with Gasteiger partial charge in [-0.25, -0.2) is 4.79 Å². The second kappa shape index (κ2) is 6.13. The summed E-state index contributed by atoms with van der Waals surface area (Å²) in [6, 6.07) is 6.89. The molecule has 114 valence electrons. The summed E-state index contributed by atoms with van der Waals surface area (Å²) < 4.78 is 0. The van der Waals surface area contributed by atoms with Gasteiger partial charge in [0, 0.05) is 25.8 Å². The van der Waals surface area contributed by atoms with E-state index >= 15 is 0 Å². The molecule has 0 saturated heterocycles. The van der Waals surface area contributed by atoms with Gasteiger partial charge in [-0.05, 0) is 37.6 Å². The Kier molecular flexibility index (Phi) is 4.47. The second-order valence-electron chi connectivity index (χ2n) is 5.42. The minimum absolute atomic E-state index is 0.183. The van der Waals surface area contributed by atoms with E-state index in [-0.39, 0.29) is 6.03 Å². The lowest BCUT2D eigenvalue weighted by Crippen LogP contribution is -2.35. The molecule has 0 spiro atoms. The third-order valence-corrected chi connectivity index (χ3v) is 3.89. The lowest BCUT2D eigenvalue weighted by Gasteiger charge is -2.18. The Morgan fingerprint density at radius 1 is 1.29 bits per heavy atom. The fourth-order valence-corrected chi connectivity index (χ4v) is 2.22. The van der Waals surface area contributed by atoms with Gasteiger partial charge in [0.25, 0.3) is 0 Å². The number of nitrogens with one attached hydrogen (secondary N) is 2. The van der Waals surface area contributed by atoms with E-state index in [9.17, 15) is 14.7 Å². The van der Waals surface area contributed by atoms with Gasteiger partial charge in [0.15, 0.2) is 0 Å². The fraction of sp³-hybridized carbons (Fsp3) is 0.467. The average Bonchev–Trinajstić information content (AvgIpc) is 3.27. The SMILES string of the molecule is CNCCN(C)C(=O)Nc1ccc(C2(C(=O)O)CC2)cc1. The van der Waals surface area contributed by atoms with Crippen molar-refractivity contribution in [2.75, 3.05) is 32.5 Å². The quantitative estimate of drug-likeness (QED) is 0.741. The highest BCUT2D eigenvalue weighted by Crippen LogP contribution is 2.48. The van der Waals surface area contributed by atoms with E-state index in [0.717, 1.165) is 12.1 Å². The number of nitrogens with zero attached hydrogens (tertiary/aromatic N) is 1. The van der Waals surface area contributed by atoms with Crippen LogP contribution in [0.5, 0.6) is 0 Å². The molecule has 1 fully saturated rings. The largest absolute Gasteiger partial charge is 0.481 e. The second-order valence-corrected chi connectivity index (χ2v) is 5.42. The molecule has 0 unspecified atom stereocenters. The molecule has 1 aromatic carbocycles. The van der Waals surface area contributed by atoms with Crippen LogP contribution in [0.1, 0.15) is 18.4 Å². The van der Waals surface area contributed by atoms with E-state index in [1.54, 1.807) is 36.2 Å². The number of hydrogen-bond donors (Lipinski definition) is 3. The van der Waals surface area contributed by atoms with Crippen molar-refractivity contribution in [2.45, 2.75) is 18.3 Å². The van der Waals surface area contributed by atoms with Crippen molar-refractivity contribution in [3.8, 4) is 0 Å². The Morgan fingerprint density at radius 3 is 2.38 bits per heavy atom. The molecule has 3 N–H and O–H groups in total. The monoisotopic (exact) mass is 291 g/mol. The number of aliphatic carboxylic acids is 1. The average molecular weight is 291 g/mol. The molecule has 0 bridgehead atoms. The summed E-state index contributed by atoms with van der Waals surface area (Å²) in [5, 5.41) is 15.0. The lowest BCUT2D eigenvalue weighted by atomic mass is 9.96. The van der Waals surface area contributed by atoms with Crippen LogP contribution in [0.2, 0.25) is 0 Å². The fourth-order valence-electron chi connectivity index (χ4n) is 2.22. The molecule has 6 heteroatoms. The van der Waals surface area contributed by atoms with E-state index < -0.39 is 11.4 Å². The Balaban J connectivity index is 1.97. The number of hydrogen-bond acceptors (Lipinski definition) is 3. The van der Waals surface area contributed by atoms with E-state index in [0.29, 0.717) is 25.1 Å². The molecule has 1 aromatic rings. The highest BCUT2D eigenvalue weighted by molar-refractivity contribution is 5.89. The molecular formula is C15H21N3O3. The maximum absolute atomic E-state index is 11.9. The molecule has 0 radical (unpaired) electrons. The van der Waals surface area contributed by atoms with Gasteiger partial charge in [-0.1, -0.05) is 12.1 Å². The van der Waals surface area contributed by atoms with Crippen LogP contribution >= 0.6 is 0 Å². The number of rotatable bonds is 6. The van der Waals surface area contributed by atoms with Crippen molar-refractivity contribution in [1.82, 2.24) is 10.2 Å².